The van der Waals surface area contributed by atoms with Crippen molar-refractivity contribution in [3.63, 3.8) is 0 Å². The number of aliphatic hydroxyl groups is 2. The van der Waals surface area contributed by atoms with E-state index in [0.717, 1.165) is 25.7 Å². The van der Waals surface area contributed by atoms with Gasteiger partial charge >= 0.3 is 5.97 Å². The van der Waals surface area contributed by atoms with Gasteiger partial charge in [0.2, 0.25) is 41.4 Å². The Bertz CT molecular complexity index is 1610. The molecule has 2 rings (SSSR count). The first kappa shape index (κ1) is 59.8. The van der Waals surface area contributed by atoms with E-state index in [1.807, 2.05) is 6.92 Å². The number of ether oxygens (including phenoxy) is 1. The molecular formula is C50H89N7O11. The number of fused-ring (bicyclic) bond motifs is 1. The van der Waals surface area contributed by atoms with Crippen LogP contribution < -0.4 is 31.9 Å². The van der Waals surface area contributed by atoms with Gasteiger partial charge in [0.05, 0.1) is 18.6 Å². The molecule has 2 saturated heterocycles. The van der Waals surface area contributed by atoms with Gasteiger partial charge in [-0.05, 0) is 65.2 Å². The molecule has 0 aromatic carbocycles. The van der Waals surface area contributed by atoms with Crippen LogP contribution in [0.4, 0.5) is 0 Å². The van der Waals surface area contributed by atoms with Crippen LogP contribution in [0.25, 0.3) is 0 Å². The minimum absolute atomic E-state index is 0.210. The largest absolute Gasteiger partial charge is 0.460 e. The minimum atomic E-state index is -1.60. The number of carbonyl (C=O) groups is 8. The number of amides is 7. The van der Waals surface area contributed by atoms with Gasteiger partial charge in [-0.25, -0.2) is 4.79 Å². The summed E-state index contributed by atoms with van der Waals surface area (Å²) in [5.41, 5.74) is 0. The summed E-state index contributed by atoms with van der Waals surface area (Å²) < 4.78 is 5.82. The quantitative estimate of drug-likeness (QED) is 0.0603. The van der Waals surface area contributed by atoms with E-state index in [1.165, 1.54) is 96.8 Å². The van der Waals surface area contributed by atoms with Gasteiger partial charge in [0.25, 0.3) is 0 Å². The first-order valence-electron chi connectivity index (χ1n) is 25.9. The molecule has 390 valence electrons. The lowest BCUT2D eigenvalue weighted by Gasteiger charge is -2.31. The van der Waals surface area contributed by atoms with Crippen LogP contribution in [-0.4, -0.2) is 130 Å². The van der Waals surface area contributed by atoms with Crippen LogP contribution in [0.1, 0.15) is 191 Å². The fourth-order valence-electron chi connectivity index (χ4n) is 8.70. The first-order chi connectivity index (χ1) is 32.2. The molecule has 0 aromatic heterocycles. The number of cyclic esters (lactones) is 1. The summed E-state index contributed by atoms with van der Waals surface area (Å²) in [5, 5.41) is 37.1. The van der Waals surface area contributed by atoms with Gasteiger partial charge in [-0.3, -0.25) is 33.6 Å². The van der Waals surface area contributed by atoms with Gasteiger partial charge in [0.15, 0.2) is 6.04 Å². The van der Waals surface area contributed by atoms with Crippen molar-refractivity contribution >= 4 is 47.3 Å². The molecule has 0 bridgehead atoms. The molecule has 0 radical (unpaired) electrons. The predicted molar refractivity (Wildman–Crippen MR) is 259 cm³/mol. The van der Waals surface area contributed by atoms with Gasteiger partial charge in [0.1, 0.15) is 42.4 Å². The van der Waals surface area contributed by atoms with E-state index < -0.39 is 126 Å². The van der Waals surface area contributed by atoms with Crippen LogP contribution in [0.5, 0.6) is 0 Å². The van der Waals surface area contributed by atoms with Gasteiger partial charge in [0, 0.05) is 6.54 Å². The molecule has 0 spiro atoms. The smallest absolute Gasteiger partial charge is 0.331 e. The second kappa shape index (κ2) is 31.7. The molecular weight excluding hydrogens is 875 g/mol. The average molecular weight is 964 g/mol. The monoisotopic (exact) mass is 964 g/mol. The van der Waals surface area contributed by atoms with Crippen molar-refractivity contribution in [1.82, 2.24) is 36.8 Å². The average Bonchev–Trinajstić information content (AvgIpc) is 3.78. The molecule has 2 fully saturated rings. The highest BCUT2D eigenvalue weighted by atomic mass is 16.5. The molecule has 2 unspecified atom stereocenters. The van der Waals surface area contributed by atoms with E-state index in [4.69, 9.17) is 4.74 Å². The zero-order valence-corrected chi connectivity index (χ0v) is 42.8. The number of nitrogens with one attached hydrogen (secondary N) is 6. The second-order valence-corrected chi connectivity index (χ2v) is 19.8. The highest BCUT2D eigenvalue weighted by Crippen LogP contribution is 2.21. The Kier molecular flexibility index (Phi) is 27.9. The summed E-state index contributed by atoms with van der Waals surface area (Å²) in [6.07, 6.45) is 14.3. The molecule has 68 heavy (non-hydrogen) atoms. The zero-order chi connectivity index (χ0) is 50.9. The van der Waals surface area contributed by atoms with Crippen LogP contribution >= 0.6 is 0 Å². The Morgan fingerprint density at radius 2 is 1.03 bits per heavy atom. The van der Waals surface area contributed by atoms with Gasteiger partial charge < -0.3 is 51.8 Å². The van der Waals surface area contributed by atoms with E-state index in [-0.39, 0.29) is 13.0 Å². The van der Waals surface area contributed by atoms with Crippen molar-refractivity contribution in [2.24, 2.45) is 11.8 Å². The van der Waals surface area contributed by atoms with E-state index in [1.54, 1.807) is 20.8 Å². The summed E-state index contributed by atoms with van der Waals surface area (Å²) in [5.74, 6) is -6.91. The van der Waals surface area contributed by atoms with Gasteiger partial charge in [-0.2, -0.15) is 0 Å². The van der Waals surface area contributed by atoms with Crippen LogP contribution in [0.15, 0.2) is 0 Å². The lowest BCUT2D eigenvalue weighted by Crippen LogP contribution is -2.61. The molecule has 0 aliphatic carbocycles. The van der Waals surface area contributed by atoms with Crippen molar-refractivity contribution in [3.05, 3.63) is 0 Å². The number of rotatable bonds is 21. The molecule has 2 aliphatic heterocycles. The molecule has 2 aliphatic rings. The topological polar surface area (TPSA) is 262 Å². The Hall–Kier alpha value is -4.32. The van der Waals surface area contributed by atoms with Crippen molar-refractivity contribution in [3.8, 4) is 0 Å². The number of hydrogen-bond acceptors (Lipinski definition) is 11. The first-order valence-corrected chi connectivity index (χ1v) is 25.9. The third kappa shape index (κ3) is 20.7. The van der Waals surface area contributed by atoms with Crippen LogP contribution in [0.2, 0.25) is 0 Å². The molecule has 18 heteroatoms. The Morgan fingerprint density at radius 1 is 0.559 bits per heavy atom. The molecule has 0 aromatic rings. The second-order valence-electron chi connectivity index (χ2n) is 19.8. The molecule has 7 amide bonds. The Morgan fingerprint density at radius 3 is 1.54 bits per heavy atom. The Balaban J connectivity index is 2.34. The maximum Gasteiger partial charge on any atom is 0.331 e. The normalized spacial score (nSPS) is 27.0. The summed E-state index contributed by atoms with van der Waals surface area (Å²) in [6, 6.07) is -8.79. The van der Waals surface area contributed by atoms with Crippen LogP contribution in [0, 0.1) is 11.8 Å². The number of esters is 1. The molecule has 18 nitrogen and oxygen atoms in total. The van der Waals surface area contributed by atoms with Crippen LogP contribution in [-0.2, 0) is 43.1 Å². The van der Waals surface area contributed by atoms with Gasteiger partial charge in [-0.1, -0.05) is 131 Å². The number of carbonyl (C=O) groups excluding carboxylic acids is 8. The fraction of sp³-hybridized carbons (Fsp3) is 0.840. The fourth-order valence-corrected chi connectivity index (χ4v) is 8.70. The number of nitrogens with zero attached hydrogens (tertiary/aromatic N) is 1. The van der Waals surface area contributed by atoms with Crippen molar-refractivity contribution < 1.29 is 53.3 Å². The molecule has 8 N–H and O–H groups in total. The highest BCUT2D eigenvalue weighted by molar-refractivity contribution is 5.98. The lowest BCUT2D eigenvalue weighted by atomic mass is 9.97. The molecule has 2 heterocycles. The minimum Gasteiger partial charge on any atom is -0.460 e. The molecule has 11 atom stereocenters. The van der Waals surface area contributed by atoms with E-state index in [9.17, 15) is 48.6 Å². The maximum absolute atomic E-state index is 13.8. The van der Waals surface area contributed by atoms with Crippen LogP contribution in [0.3, 0.4) is 0 Å². The number of unbranched alkanes of at least 4 members (excludes halogenated alkanes) is 14. The maximum atomic E-state index is 13.8. The third-order valence-electron chi connectivity index (χ3n) is 13.3. The highest BCUT2D eigenvalue weighted by Gasteiger charge is 2.40. The summed E-state index contributed by atoms with van der Waals surface area (Å²) in [7, 11) is 0. The predicted octanol–water partition coefficient (Wildman–Crippen LogP) is 3.97. The van der Waals surface area contributed by atoms with Crippen molar-refractivity contribution in [2.75, 3.05) is 6.54 Å². The summed E-state index contributed by atoms with van der Waals surface area (Å²) >= 11 is 0. The van der Waals surface area contributed by atoms with Gasteiger partial charge in [-0.15, -0.1) is 0 Å². The third-order valence-corrected chi connectivity index (χ3v) is 13.3. The van der Waals surface area contributed by atoms with E-state index >= 15 is 0 Å². The van der Waals surface area contributed by atoms with Crippen molar-refractivity contribution in [1.29, 1.82) is 0 Å². The zero-order valence-electron chi connectivity index (χ0n) is 42.8. The summed E-state index contributed by atoms with van der Waals surface area (Å²) in [4.78, 5) is 111. The Labute approximate surface area is 406 Å². The lowest BCUT2D eigenvalue weighted by molar-refractivity contribution is -0.158. The number of hydrogen-bond donors (Lipinski definition) is 8. The van der Waals surface area contributed by atoms with Crippen molar-refractivity contribution in [2.45, 2.75) is 251 Å². The number of aliphatic hydroxyl groups excluding tert-OH is 2. The summed E-state index contributed by atoms with van der Waals surface area (Å²) in [6.45, 7) is 14.8. The molecule has 0 saturated carbocycles. The van der Waals surface area contributed by atoms with E-state index in [0.29, 0.717) is 25.7 Å². The van der Waals surface area contributed by atoms with E-state index in [2.05, 4.69) is 38.8 Å². The SMILES string of the molecule is CCCCCCCCCCCCCCCCCC1CC(=O)N[C@@H]([C@@H](C)O)C(=O)N[C@@H](C(C)C)C(=O)N[C@H](C)C(=O)N2CCCC2C(=O)N[C@H]([C@@H](C)CC)C(=O)N[C@@H](C)C(=O)N[C@@H]([C@@H](C)O)C(=O)O1. The standard InChI is InChI=1S/C50H89N7O11/c1-10-12-13-14-15-16-17-18-19-20-21-22-23-24-25-27-37-30-39(60)53-42(35(8)58)48(65)54-40(31(3)4)46(63)52-34(7)49(66)57-29-26-28-38(57)45(62)55-41(32(5)11-2)47(64)51-33(6)44(61)56-43(36(9)59)50(67)68-37/h31-38,40-43,58-59H,10-30H2,1-9H3,(H,51,64)(H,52,63)(H,53,60)(H,54,65)(H,55,62)(H,56,61)/t32-,33-,34+,35+,36+,37?,38?,40-,41+,42-,43-/m0/s1.